The van der Waals surface area contributed by atoms with Crippen LogP contribution in [-0.4, -0.2) is 22.0 Å². The second-order valence-corrected chi connectivity index (χ2v) is 4.15. The van der Waals surface area contributed by atoms with Crippen molar-refractivity contribution in [3.63, 3.8) is 0 Å². The van der Waals surface area contributed by atoms with Crippen LogP contribution in [0.25, 0.3) is 11.3 Å². The van der Waals surface area contributed by atoms with Gasteiger partial charge < -0.3 is 4.74 Å². The van der Waals surface area contributed by atoms with Crippen molar-refractivity contribution < 1.29 is 9.66 Å². The number of rotatable bonds is 3. The zero-order valence-electron chi connectivity index (χ0n) is 10.3. The largest absolute Gasteiger partial charge is 0.497 e. The van der Waals surface area contributed by atoms with Crippen LogP contribution < -0.4 is 4.74 Å². The maximum Gasteiger partial charge on any atom is 0.313 e. The van der Waals surface area contributed by atoms with Crippen LogP contribution in [0.15, 0.2) is 24.4 Å². The molecule has 0 bridgehead atoms. The fourth-order valence-corrected chi connectivity index (χ4v) is 1.85. The highest BCUT2D eigenvalue weighted by atomic mass is 35.5. The van der Waals surface area contributed by atoms with E-state index in [4.69, 9.17) is 16.3 Å². The smallest absolute Gasteiger partial charge is 0.313 e. The summed E-state index contributed by atoms with van der Waals surface area (Å²) in [5, 5.41) is 11.0. The summed E-state index contributed by atoms with van der Waals surface area (Å²) >= 11 is 5.71. The van der Waals surface area contributed by atoms with Crippen molar-refractivity contribution in [1.29, 1.82) is 0 Å². The van der Waals surface area contributed by atoms with Crippen molar-refractivity contribution in [1.82, 2.24) is 9.97 Å². The van der Waals surface area contributed by atoms with Crippen LogP contribution in [0, 0.1) is 17.0 Å². The molecular weight excluding hydrogens is 270 g/mol. The Bertz CT molecular complexity index is 646. The van der Waals surface area contributed by atoms with Gasteiger partial charge in [0.25, 0.3) is 0 Å². The van der Waals surface area contributed by atoms with Crippen molar-refractivity contribution in [2.24, 2.45) is 0 Å². The van der Waals surface area contributed by atoms with Crippen molar-refractivity contribution in [2.75, 3.05) is 7.11 Å². The van der Waals surface area contributed by atoms with E-state index in [1.807, 2.05) is 6.92 Å². The predicted octanol–water partition coefficient (Wildman–Crippen LogP) is 3.02. The molecular formula is C12H10ClN3O3. The van der Waals surface area contributed by atoms with Crippen molar-refractivity contribution >= 4 is 17.3 Å². The summed E-state index contributed by atoms with van der Waals surface area (Å²) in [5.74, 6) is 0.670. The molecule has 1 heterocycles. The average molecular weight is 280 g/mol. The number of hydrogen-bond donors (Lipinski definition) is 0. The first kappa shape index (κ1) is 13.2. The van der Waals surface area contributed by atoms with Gasteiger partial charge in [-0.3, -0.25) is 10.1 Å². The van der Waals surface area contributed by atoms with E-state index in [1.54, 1.807) is 25.3 Å². The van der Waals surface area contributed by atoms with Crippen LogP contribution in [0.2, 0.25) is 5.28 Å². The van der Waals surface area contributed by atoms with E-state index in [1.165, 1.54) is 0 Å². The van der Waals surface area contributed by atoms with Crippen LogP contribution in [0.4, 0.5) is 5.69 Å². The molecule has 0 saturated heterocycles. The van der Waals surface area contributed by atoms with Gasteiger partial charge in [-0.2, -0.15) is 0 Å². The quantitative estimate of drug-likeness (QED) is 0.490. The molecule has 98 valence electrons. The molecule has 0 atom stereocenters. The van der Waals surface area contributed by atoms with Gasteiger partial charge >= 0.3 is 5.69 Å². The Hall–Kier alpha value is -2.21. The highest BCUT2D eigenvalue weighted by Crippen LogP contribution is 2.32. The lowest BCUT2D eigenvalue weighted by Gasteiger charge is -2.08. The Kier molecular flexibility index (Phi) is 3.62. The van der Waals surface area contributed by atoms with Crippen LogP contribution >= 0.6 is 11.6 Å². The number of methoxy groups -OCH3 is 1. The van der Waals surface area contributed by atoms with E-state index >= 15 is 0 Å². The molecule has 6 nitrogen and oxygen atoms in total. The highest BCUT2D eigenvalue weighted by Gasteiger charge is 2.20. The summed E-state index contributed by atoms with van der Waals surface area (Å²) in [6.45, 7) is 1.82. The van der Waals surface area contributed by atoms with Gasteiger partial charge in [0.05, 0.1) is 12.0 Å². The number of halogens is 1. The van der Waals surface area contributed by atoms with Gasteiger partial charge in [-0.05, 0) is 42.3 Å². The Morgan fingerprint density at radius 2 is 2.16 bits per heavy atom. The topological polar surface area (TPSA) is 78.2 Å². The van der Waals surface area contributed by atoms with Gasteiger partial charge in [0.1, 0.15) is 11.9 Å². The Labute approximate surface area is 114 Å². The van der Waals surface area contributed by atoms with Crippen LogP contribution in [-0.2, 0) is 0 Å². The van der Waals surface area contributed by atoms with E-state index in [0.29, 0.717) is 11.3 Å². The standard InChI is InChI=1S/C12H10ClN3O3/c1-7-5-8(19-2)3-4-9(7)11-10(16(17)18)6-14-12(13)15-11/h3-6H,1-2H3. The molecule has 0 amide bonds. The van der Waals surface area contributed by atoms with E-state index in [0.717, 1.165) is 11.8 Å². The van der Waals surface area contributed by atoms with Crippen LogP contribution in [0.1, 0.15) is 5.56 Å². The molecule has 1 aromatic heterocycles. The Morgan fingerprint density at radius 1 is 1.42 bits per heavy atom. The zero-order chi connectivity index (χ0) is 14.0. The van der Waals surface area contributed by atoms with Gasteiger partial charge in [-0.25, -0.2) is 9.97 Å². The number of aromatic nitrogens is 2. The summed E-state index contributed by atoms with van der Waals surface area (Å²) in [6.07, 6.45) is 1.11. The molecule has 0 unspecified atom stereocenters. The first-order chi connectivity index (χ1) is 9.02. The average Bonchev–Trinajstić information content (AvgIpc) is 2.38. The lowest BCUT2D eigenvalue weighted by atomic mass is 10.0. The van der Waals surface area contributed by atoms with Gasteiger partial charge in [-0.15, -0.1) is 0 Å². The number of benzene rings is 1. The first-order valence-electron chi connectivity index (χ1n) is 5.35. The third-order valence-electron chi connectivity index (χ3n) is 2.63. The lowest BCUT2D eigenvalue weighted by molar-refractivity contribution is -0.384. The van der Waals surface area contributed by atoms with Crippen molar-refractivity contribution in [3.8, 4) is 17.0 Å². The van der Waals surface area contributed by atoms with Crippen molar-refractivity contribution in [3.05, 3.63) is 45.4 Å². The SMILES string of the molecule is COc1ccc(-c2nc(Cl)ncc2[N+](=O)[O-])c(C)c1. The zero-order valence-corrected chi connectivity index (χ0v) is 11.0. The minimum Gasteiger partial charge on any atom is -0.497 e. The van der Waals surface area contributed by atoms with Crippen LogP contribution in [0.3, 0.4) is 0 Å². The molecule has 0 N–H and O–H groups in total. The van der Waals surface area contributed by atoms with Gasteiger partial charge in [-0.1, -0.05) is 0 Å². The van der Waals surface area contributed by atoms with E-state index in [-0.39, 0.29) is 16.7 Å². The molecule has 0 saturated carbocycles. The molecule has 0 aliphatic carbocycles. The highest BCUT2D eigenvalue weighted by molar-refractivity contribution is 6.28. The van der Waals surface area contributed by atoms with Crippen LogP contribution in [0.5, 0.6) is 5.75 Å². The van der Waals surface area contributed by atoms with E-state index in [9.17, 15) is 10.1 Å². The number of aryl methyl sites for hydroxylation is 1. The molecule has 7 heteroatoms. The molecule has 2 aromatic rings. The van der Waals surface area contributed by atoms with Crippen molar-refractivity contribution in [2.45, 2.75) is 6.92 Å². The lowest BCUT2D eigenvalue weighted by Crippen LogP contribution is -1.98. The first-order valence-corrected chi connectivity index (χ1v) is 5.72. The summed E-state index contributed by atoms with van der Waals surface area (Å²) in [7, 11) is 1.55. The Balaban J connectivity index is 2.64. The maximum absolute atomic E-state index is 11.0. The molecule has 2 rings (SSSR count). The molecule has 0 fully saturated rings. The Morgan fingerprint density at radius 3 is 2.74 bits per heavy atom. The number of nitrogens with zero attached hydrogens (tertiary/aromatic N) is 3. The third-order valence-corrected chi connectivity index (χ3v) is 2.81. The molecule has 1 aromatic carbocycles. The van der Waals surface area contributed by atoms with Gasteiger partial charge in [0.2, 0.25) is 5.28 Å². The summed E-state index contributed by atoms with van der Waals surface area (Å²) in [5.41, 5.74) is 1.44. The fraction of sp³-hybridized carbons (Fsp3) is 0.167. The monoisotopic (exact) mass is 279 g/mol. The normalized spacial score (nSPS) is 10.3. The maximum atomic E-state index is 11.0. The summed E-state index contributed by atoms with van der Waals surface area (Å²) in [4.78, 5) is 18.1. The van der Waals surface area contributed by atoms with E-state index < -0.39 is 4.92 Å². The van der Waals surface area contributed by atoms with Gasteiger partial charge in [0.15, 0.2) is 5.69 Å². The number of ether oxygens (including phenoxy) is 1. The number of hydrogen-bond acceptors (Lipinski definition) is 5. The number of nitro groups is 1. The van der Waals surface area contributed by atoms with Gasteiger partial charge in [0, 0.05) is 5.56 Å². The second-order valence-electron chi connectivity index (χ2n) is 3.81. The second kappa shape index (κ2) is 5.19. The summed E-state index contributed by atoms with van der Waals surface area (Å²) < 4.78 is 5.09. The van der Waals surface area contributed by atoms with E-state index in [2.05, 4.69) is 9.97 Å². The molecule has 0 spiro atoms. The molecule has 0 aliphatic rings. The molecule has 19 heavy (non-hydrogen) atoms. The fourth-order valence-electron chi connectivity index (χ4n) is 1.71. The predicted molar refractivity (Wildman–Crippen MR) is 70.4 cm³/mol. The molecule has 0 aliphatic heterocycles. The third kappa shape index (κ3) is 2.63. The minimum absolute atomic E-state index is 0.0316. The molecule has 0 radical (unpaired) electrons. The summed E-state index contributed by atoms with van der Waals surface area (Å²) in [6, 6.07) is 5.19. The minimum atomic E-state index is -0.532.